The average Bonchev–Trinajstić information content (AvgIpc) is 2.99. The minimum atomic E-state index is -0.0884. The molecular formula is C28H60N12O4. The third-order valence-electron chi connectivity index (χ3n) is 7.21. The Labute approximate surface area is 263 Å². The van der Waals surface area contributed by atoms with E-state index in [4.69, 9.17) is 22.9 Å². The summed E-state index contributed by atoms with van der Waals surface area (Å²) in [5.74, 6) is -0.354. The van der Waals surface area contributed by atoms with Gasteiger partial charge in [0.1, 0.15) is 0 Å². The fourth-order valence-corrected chi connectivity index (χ4v) is 4.57. The molecule has 0 bridgehead atoms. The van der Waals surface area contributed by atoms with Gasteiger partial charge in [-0.15, -0.1) is 0 Å². The highest BCUT2D eigenvalue weighted by Crippen LogP contribution is 2.02. The second-order valence-electron chi connectivity index (χ2n) is 11.1. The van der Waals surface area contributed by atoms with Gasteiger partial charge in [0.25, 0.3) is 0 Å². The second-order valence-corrected chi connectivity index (χ2v) is 11.1. The van der Waals surface area contributed by atoms with Gasteiger partial charge in [-0.3, -0.25) is 38.8 Å². The van der Waals surface area contributed by atoms with Gasteiger partial charge in [-0.1, -0.05) is 0 Å². The number of carbonyl (C=O) groups is 4. The Morgan fingerprint density at radius 1 is 0.386 bits per heavy atom. The number of carbonyl (C=O) groups excluding carboxylic acids is 4. The monoisotopic (exact) mass is 628 g/mol. The van der Waals surface area contributed by atoms with Crippen LogP contribution in [0.2, 0.25) is 0 Å². The lowest BCUT2D eigenvalue weighted by molar-refractivity contribution is -0.125. The summed E-state index contributed by atoms with van der Waals surface area (Å²) in [4.78, 5) is 59.0. The summed E-state index contributed by atoms with van der Waals surface area (Å²) in [6.07, 6.45) is 2.81. The van der Waals surface area contributed by atoms with Gasteiger partial charge in [0.2, 0.25) is 23.6 Å². The van der Waals surface area contributed by atoms with Gasteiger partial charge in [-0.2, -0.15) is 0 Å². The summed E-state index contributed by atoms with van der Waals surface area (Å²) in [6.45, 7) is 9.29. The van der Waals surface area contributed by atoms with Crippen LogP contribution in [0.4, 0.5) is 0 Å². The molecule has 0 aromatic carbocycles. The Balaban J connectivity index is 3.05. The molecule has 1 saturated heterocycles. The first-order valence-electron chi connectivity index (χ1n) is 16.1. The molecule has 0 aliphatic carbocycles. The maximum Gasteiger partial charge on any atom is 0.234 e. The lowest BCUT2D eigenvalue weighted by Gasteiger charge is -2.33. The summed E-state index contributed by atoms with van der Waals surface area (Å²) >= 11 is 0. The number of nitrogens with zero attached hydrogens (tertiary/aromatic N) is 4. The third kappa shape index (κ3) is 20.5. The molecule has 4 amide bonds. The SMILES string of the molecule is NCCCNC(=O)CN1CCN(CC(=O)NCCCN)CCN(CC(=O)NCCCN)CCN(CC(=O)NCCCN)CC1. The smallest absolute Gasteiger partial charge is 0.234 e. The van der Waals surface area contributed by atoms with Gasteiger partial charge in [-0.05, 0) is 51.9 Å². The Hall–Kier alpha value is -2.44. The van der Waals surface area contributed by atoms with Crippen molar-refractivity contribution in [1.82, 2.24) is 40.9 Å². The fourth-order valence-electron chi connectivity index (χ4n) is 4.57. The largest absolute Gasteiger partial charge is 0.355 e. The fraction of sp³-hybridized carbons (Fsp3) is 0.857. The molecule has 256 valence electrons. The average molecular weight is 629 g/mol. The molecule has 16 heteroatoms. The quantitative estimate of drug-likeness (QED) is 0.0593. The first kappa shape index (κ1) is 39.6. The van der Waals surface area contributed by atoms with Gasteiger partial charge in [0.05, 0.1) is 26.2 Å². The molecule has 1 aliphatic heterocycles. The van der Waals surface area contributed by atoms with E-state index in [1.807, 2.05) is 0 Å². The molecular weight excluding hydrogens is 568 g/mol. The molecule has 0 radical (unpaired) electrons. The number of hydrogen-bond acceptors (Lipinski definition) is 12. The zero-order valence-corrected chi connectivity index (χ0v) is 26.7. The molecule has 0 aromatic rings. The summed E-state index contributed by atoms with van der Waals surface area (Å²) in [7, 11) is 0. The first-order valence-corrected chi connectivity index (χ1v) is 16.1. The maximum absolute atomic E-state index is 12.7. The Bertz CT molecular complexity index is 663. The van der Waals surface area contributed by atoms with Gasteiger partial charge >= 0.3 is 0 Å². The molecule has 1 rings (SSSR count). The molecule has 12 N–H and O–H groups in total. The molecule has 0 unspecified atom stereocenters. The normalized spacial score (nSPS) is 16.5. The highest BCUT2D eigenvalue weighted by Gasteiger charge is 2.21. The third-order valence-corrected chi connectivity index (χ3v) is 7.21. The van der Waals surface area contributed by atoms with E-state index in [0.29, 0.717) is 130 Å². The highest BCUT2D eigenvalue weighted by molar-refractivity contribution is 5.79. The van der Waals surface area contributed by atoms with Crippen molar-refractivity contribution in [2.24, 2.45) is 22.9 Å². The summed E-state index contributed by atoms with van der Waals surface area (Å²) < 4.78 is 0. The minimum absolute atomic E-state index is 0.0884. The highest BCUT2D eigenvalue weighted by atomic mass is 16.2. The van der Waals surface area contributed by atoms with E-state index >= 15 is 0 Å². The van der Waals surface area contributed by atoms with E-state index in [2.05, 4.69) is 40.9 Å². The second kappa shape index (κ2) is 25.8. The van der Waals surface area contributed by atoms with Crippen LogP contribution in [0.15, 0.2) is 0 Å². The van der Waals surface area contributed by atoms with Crippen molar-refractivity contribution >= 4 is 23.6 Å². The number of amides is 4. The van der Waals surface area contributed by atoms with Gasteiger partial charge in [-0.25, -0.2) is 0 Å². The van der Waals surface area contributed by atoms with Crippen LogP contribution in [-0.4, -0.2) is 174 Å². The lowest BCUT2D eigenvalue weighted by atomic mass is 10.3. The maximum atomic E-state index is 12.7. The predicted molar refractivity (Wildman–Crippen MR) is 172 cm³/mol. The van der Waals surface area contributed by atoms with Crippen LogP contribution in [0.3, 0.4) is 0 Å². The zero-order valence-electron chi connectivity index (χ0n) is 26.7. The summed E-state index contributed by atoms with van der Waals surface area (Å²) in [6, 6.07) is 0. The van der Waals surface area contributed by atoms with E-state index in [0.717, 1.165) is 0 Å². The van der Waals surface area contributed by atoms with Crippen LogP contribution in [0.1, 0.15) is 25.7 Å². The van der Waals surface area contributed by atoms with Crippen LogP contribution in [-0.2, 0) is 19.2 Å². The number of nitrogens with one attached hydrogen (secondary N) is 4. The molecule has 0 aromatic heterocycles. The lowest BCUT2D eigenvalue weighted by Crippen LogP contribution is -2.51. The topological polar surface area (TPSA) is 233 Å². The predicted octanol–water partition coefficient (Wildman–Crippen LogP) is -4.93. The van der Waals surface area contributed by atoms with E-state index in [1.165, 1.54) is 0 Å². The summed E-state index contributed by atoms with van der Waals surface area (Å²) in [5.41, 5.74) is 22.3. The molecule has 0 saturated carbocycles. The van der Waals surface area contributed by atoms with Crippen LogP contribution < -0.4 is 44.2 Å². The van der Waals surface area contributed by atoms with Crippen LogP contribution >= 0.6 is 0 Å². The standard InChI is InChI=1S/C28H60N12O4/c29-5-1-9-33-25(41)21-37-13-15-38(22-26(42)34-10-2-6-30)17-19-40(24-28(44)36-12-4-8-32)20-18-39(16-14-37)23-27(43)35-11-3-7-31/h1-24,29-32H2,(H,33,41)(H,34,42)(H,35,43)(H,36,44). The Kier molecular flexibility index (Phi) is 23.2. The molecule has 1 fully saturated rings. The zero-order chi connectivity index (χ0) is 32.4. The molecule has 16 nitrogen and oxygen atoms in total. The number of nitrogens with two attached hydrogens (primary N) is 4. The number of hydrogen-bond donors (Lipinski definition) is 8. The molecule has 0 atom stereocenters. The molecule has 1 aliphatic rings. The molecule has 44 heavy (non-hydrogen) atoms. The van der Waals surface area contributed by atoms with E-state index in [-0.39, 0.29) is 49.8 Å². The van der Waals surface area contributed by atoms with Crippen molar-refractivity contribution in [1.29, 1.82) is 0 Å². The van der Waals surface area contributed by atoms with E-state index < -0.39 is 0 Å². The van der Waals surface area contributed by atoms with E-state index in [1.54, 1.807) is 0 Å². The van der Waals surface area contributed by atoms with Crippen LogP contribution in [0.5, 0.6) is 0 Å². The first-order chi connectivity index (χ1) is 21.3. The van der Waals surface area contributed by atoms with Crippen LogP contribution in [0.25, 0.3) is 0 Å². The van der Waals surface area contributed by atoms with Gasteiger partial charge < -0.3 is 44.2 Å². The van der Waals surface area contributed by atoms with Crippen molar-refractivity contribution in [2.45, 2.75) is 25.7 Å². The van der Waals surface area contributed by atoms with Crippen molar-refractivity contribution in [3.05, 3.63) is 0 Å². The molecule has 0 spiro atoms. The van der Waals surface area contributed by atoms with Crippen molar-refractivity contribution in [3.8, 4) is 0 Å². The van der Waals surface area contributed by atoms with Crippen LogP contribution in [0, 0.1) is 0 Å². The number of rotatable bonds is 20. The van der Waals surface area contributed by atoms with Crippen molar-refractivity contribution < 1.29 is 19.2 Å². The van der Waals surface area contributed by atoms with Crippen molar-refractivity contribution in [3.63, 3.8) is 0 Å². The Morgan fingerprint density at radius 2 is 0.568 bits per heavy atom. The van der Waals surface area contributed by atoms with Gasteiger partial charge in [0.15, 0.2) is 0 Å². The van der Waals surface area contributed by atoms with Crippen molar-refractivity contribution in [2.75, 3.05) is 131 Å². The van der Waals surface area contributed by atoms with E-state index in [9.17, 15) is 19.2 Å². The summed E-state index contributed by atoms with van der Waals surface area (Å²) in [5, 5.41) is 11.7. The minimum Gasteiger partial charge on any atom is -0.355 e. The Morgan fingerprint density at radius 3 is 0.727 bits per heavy atom. The molecule has 1 heterocycles. The van der Waals surface area contributed by atoms with Gasteiger partial charge in [0, 0.05) is 78.5 Å².